The molecule has 0 atom stereocenters. The minimum Gasteiger partial charge on any atom is -0.493 e. The molecule has 0 heterocycles. The molecule has 0 aromatic heterocycles. The van der Waals surface area contributed by atoms with Crippen LogP contribution >= 0.6 is 39.1 Å². The summed E-state index contributed by atoms with van der Waals surface area (Å²) in [6.07, 6.45) is 1.49. The molecule has 8 heteroatoms. The predicted molar refractivity (Wildman–Crippen MR) is 98.8 cm³/mol. The van der Waals surface area contributed by atoms with Crippen molar-refractivity contribution in [1.82, 2.24) is 5.43 Å². The monoisotopic (exact) mass is 430 g/mol. The van der Waals surface area contributed by atoms with E-state index in [2.05, 4.69) is 26.5 Å². The van der Waals surface area contributed by atoms with Gasteiger partial charge in [0.25, 0.3) is 5.91 Å². The number of carbonyl (C=O) groups is 1. The van der Waals surface area contributed by atoms with Crippen LogP contribution in [0.15, 0.2) is 39.9 Å². The van der Waals surface area contributed by atoms with E-state index < -0.39 is 5.91 Å². The number of amides is 1. The summed E-state index contributed by atoms with van der Waals surface area (Å²) in [6.45, 7) is 0. The van der Waals surface area contributed by atoms with Crippen LogP contribution in [0.3, 0.4) is 0 Å². The number of hydrogen-bond acceptors (Lipinski definition) is 4. The van der Waals surface area contributed by atoms with Crippen LogP contribution in [-0.4, -0.2) is 26.3 Å². The molecule has 0 aliphatic heterocycles. The normalized spacial score (nSPS) is 10.7. The Hall–Kier alpha value is -1.76. The minimum atomic E-state index is -0.399. The van der Waals surface area contributed by atoms with E-state index in [1.54, 1.807) is 31.4 Å². The third kappa shape index (κ3) is 4.41. The molecule has 0 saturated heterocycles. The zero-order valence-electron chi connectivity index (χ0n) is 12.8. The molecule has 2 rings (SSSR count). The van der Waals surface area contributed by atoms with E-state index in [1.165, 1.54) is 19.4 Å². The SMILES string of the molecule is COc1cc(/C=N\NC(=O)c2ccc(Cl)c(Cl)c2)cc(Br)c1OC. The Balaban J connectivity index is 2.12. The highest BCUT2D eigenvalue weighted by atomic mass is 79.9. The van der Waals surface area contributed by atoms with Crippen LogP contribution < -0.4 is 14.9 Å². The Bertz CT molecular complexity index is 797. The number of rotatable bonds is 5. The summed E-state index contributed by atoms with van der Waals surface area (Å²) < 4.78 is 11.2. The summed E-state index contributed by atoms with van der Waals surface area (Å²) in [5.41, 5.74) is 3.49. The Morgan fingerprint density at radius 2 is 1.92 bits per heavy atom. The number of halogens is 3. The molecule has 0 spiro atoms. The average Bonchev–Trinajstić information content (AvgIpc) is 2.56. The summed E-state index contributed by atoms with van der Waals surface area (Å²) in [6, 6.07) is 8.11. The summed E-state index contributed by atoms with van der Waals surface area (Å²) in [5, 5.41) is 4.61. The minimum absolute atomic E-state index is 0.303. The summed E-state index contributed by atoms with van der Waals surface area (Å²) in [7, 11) is 3.09. The Labute approximate surface area is 157 Å². The summed E-state index contributed by atoms with van der Waals surface area (Å²) in [4.78, 5) is 12.0. The molecule has 24 heavy (non-hydrogen) atoms. The van der Waals surface area contributed by atoms with E-state index in [-0.39, 0.29) is 0 Å². The van der Waals surface area contributed by atoms with E-state index in [0.717, 1.165) is 0 Å². The number of methoxy groups -OCH3 is 2. The second-order valence-corrected chi connectivity index (χ2v) is 6.23. The lowest BCUT2D eigenvalue weighted by molar-refractivity contribution is 0.0955. The maximum absolute atomic E-state index is 12.0. The third-order valence-electron chi connectivity index (χ3n) is 3.02. The Kier molecular flexibility index (Phi) is 6.48. The van der Waals surface area contributed by atoms with Gasteiger partial charge < -0.3 is 9.47 Å². The first-order valence-electron chi connectivity index (χ1n) is 6.66. The van der Waals surface area contributed by atoms with Gasteiger partial charge in [-0.05, 0) is 51.8 Å². The lowest BCUT2D eigenvalue weighted by atomic mass is 10.2. The first-order valence-corrected chi connectivity index (χ1v) is 8.21. The van der Waals surface area contributed by atoms with Crippen molar-refractivity contribution in [1.29, 1.82) is 0 Å². The van der Waals surface area contributed by atoms with Gasteiger partial charge >= 0.3 is 0 Å². The highest BCUT2D eigenvalue weighted by molar-refractivity contribution is 9.10. The van der Waals surface area contributed by atoms with Gasteiger partial charge in [0.2, 0.25) is 0 Å². The first-order chi connectivity index (χ1) is 11.5. The molecule has 0 bridgehead atoms. The quantitative estimate of drug-likeness (QED) is 0.558. The maximum Gasteiger partial charge on any atom is 0.271 e. The molecule has 0 aliphatic rings. The number of carbonyl (C=O) groups excluding carboxylic acids is 1. The smallest absolute Gasteiger partial charge is 0.271 e. The van der Waals surface area contributed by atoms with Gasteiger partial charge in [0.1, 0.15) is 0 Å². The van der Waals surface area contributed by atoms with E-state index in [9.17, 15) is 4.79 Å². The predicted octanol–water partition coefficient (Wildman–Crippen LogP) is 4.54. The van der Waals surface area contributed by atoms with Crippen molar-refractivity contribution in [3.05, 3.63) is 56.0 Å². The topological polar surface area (TPSA) is 59.9 Å². The highest BCUT2D eigenvalue weighted by Crippen LogP contribution is 2.35. The van der Waals surface area contributed by atoms with Crippen LogP contribution in [-0.2, 0) is 0 Å². The number of hydrazone groups is 1. The van der Waals surface area contributed by atoms with Crippen LogP contribution in [0.2, 0.25) is 10.0 Å². The van der Waals surface area contributed by atoms with Crippen LogP contribution in [0.5, 0.6) is 11.5 Å². The molecule has 2 aromatic rings. The number of ether oxygens (including phenoxy) is 2. The van der Waals surface area contributed by atoms with Gasteiger partial charge in [-0.3, -0.25) is 4.79 Å². The van der Waals surface area contributed by atoms with E-state index in [4.69, 9.17) is 32.7 Å². The van der Waals surface area contributed by atoms with Gasteiger partial charge in [-0.1, -0.05) is 23.2 Å². The standard InChI is InChI=1S/C16H13BrCl2N2O3/c1-23-14-6-9(5-11(17)15(14)24-2)8-20-21-16(22)10-3-4-12(18)13(19)7-10/h3-8H,1-2H3,(H,21,22)/b20-8-. The molecule has 1 amide bonds. The fourth-order valence-corrected chi connectivity index (χ4v) is 2.80. The van der Waals surface area contributed by atoms with E-state index >= 15 is 0 Å². The van der Waals surface area contributed by atoms with Crippen molar-refractivity contribution in [2.24, 2.45) is 5.10 Å². The molecule has 2 aromatic carbocycles. The molecule has 0 saturated carbocycles. The largest absolute Gasteiger partial charge is 0.493 e. The number of nitrogens with zero attached hydrogens (tertiary/aromatic N) is 1. The first kappa shape index (κ1) is 18.6. The van der Waals surface area contributed by atoms with Crippen LogP contribution in [0, 0.1) is 0 Å². The van der Waals surface area contributed by atoms with Gasteiger partial charge in [0.15, 0.2) is 11.5 Å². The van der Waals surface area contributed by atoms with Crippen molar-refractivity contribution in [3.63, 3.8) is 0 Å². The summed E-state index contributed by atoms with van der Waals surface area (Å²) >= 11 is 15.1. The second kappa shape index (κ2) is 8.37. The third-order valence-corrected chi connectivity index (χ3v) is 4.35. The highest BCUT2D eigenvalue weighted by Gasteiger charge is 2.10. The zero-order valence-corrected chi connectivity index (χ0v) is 15.9. The second-order valence-electron chi connectivity index (χ2n) is 4.57. The maximum atomic E-state index is 12.0. The lowest BCUT2D eigenvalue weighted by Gasteiger charge is -2.10. The molecule has 0 unspecified atom stereocenters. The van der Waals surface area contributed by atoms with Crippen molar-refractivity contribution < 1.29 is 14.3 Å². The van der Waals surface area contributed by atoms with Gasteiger partial charge in [-0.2, -0.15) is 5.10 Å². The Morgan fingerprint density at radius 1 is 1.17 bits per heavy atom. The Morgan fingerprint density at radius 3 is 2.54 bits per heavy atom. The number of benzene rings is 2. The lowest BCUT2D eigenvalue weighted by Crippen LogP contribution is -2.17. The molecule has 1 N–H and O–H groups in total. The molecule has 5 nitrogen and oxygen atoms in total. The van der Waals surface area contributed by atoms with Crippen molar-refractivity contribution >= 4 is 51.3 Å². The molecule has 126 valence electrons. The zero-order chi connectivity index (χ0) is 17.7. The number of nitrogens with one attached hydrogen (secondary N) is 1. The van der Waals surface area contributed by atoms with Crippen LogP contribution in [0.1, 0.15) is 15.9 Å². The van der Waals surface area contributed by atoms with Crippen LogP contribution in [0.4, 0.5) is 0 Å². The van der Waals surface area contributed by atoms with Crippen molar-refractivity contribution in [3.8, 4) is 11.5 Å². The molecular weight excluding hydrogens is 419 g/mol. The van der Waals surface area contributed by atoms with Gasteiger partial charge in [0.05, 0.1) is 35.0 Å². The summed E-state index contributed by atoms with van der Waals surface area (Å²) in [5.74, 6) is 0.725. The van der Waals surface area contributed by atoms with Gasteiger partial charge in [0, 0.05) is 5.56 Å². The van der Waals surface area contributed by atoms with Crippen molar-refractivity contribution in [2.75, 3.05) is 14.2 Å². The van der Waals surface area contributed by atoms with E-state index in [0.29, 0.717) is 37.1 Å². The molecular formula is C16H13BrCl2N2O3. The van der Waals surface area contributed by atoms with Crippen LogP contribution in [0.25, 0.3) is 0 Å². The van der Waals surface area contributed by atoms with Crippen molar-refractivity contribution in [2.45, 2.75) is 0 Å². The fourth-order valence-electron chi connectivity index (χ4n) is 1.88. The molecule has 0 radical (unpaired) electrons. The van der Waals surface area contributed by atoms with E-state index in [1.807, 2.05) is 0 Å². The fraction of sp³-hybridized carbons (Fsp3) is 0.125. The van der Waals surface area contributed by atoms with Gasteiger partial charge in [-0.15, -0.1) is 0 Å². The average molecular weight is 432 g/mol. The number of hydrogen-bond donors (Lipinski definition) is 1. The molecule has 0 fully saturated rings. The molecule has 0 aliphatic carbocycles. The van der Waals surface area contributed by atoms with Gasteiger partial charge in [-0.25, -0.2) is 5.43 Å².